The minimum absolute atomic E-state index is 0.0677. The topological polar surface area (TPSA) is 39.2 Å². The highest BCUT2D eigenvalue weighted by Gasteiger charge is 2.28. The van der Waals surface area contributed by atoms with E-state index >= 15 is 0 Å². The van der Waals surface area contributed by atoms with Crippen LogP contribution in [0.3, 0.4) is 0 Å². The first-order valence-electron chi connectivity index (χ1n) is 5.71. The number of pyridine rings is 1. The van der Waals surface area contributed by atoms with Crippen LogP contribution >= 0.6 is 0 Å². The zero-order valence-electron chi connectivity index (χ0n) is 9.77. The fourth-order valence-electron chi connectivity index (χ4n) is 1.97. The van der Waals surface area contributed by atoms with Crippen molar-refractivity contribution in [3.05, 3.63) is 29.6 Å². The van der Waals surface area contributed by atoms with Crippen molar-refractivity contribution in [3.8, 4) is 0 Å². The number of Topliss-reactive ketones (excluding diaryl/α,β-unsaturated/α-hetero) is 1. The van der Waals surface area contributed by atoms with Crippen molar-refractivity contribution in [2.75, 3.05) is 6.61 Å². The highest BCUT2D eigenvalue weighted by atomic mass is 16.5. The molecule has 0 aromatic carbocycles. The summed E-state index contributed by atoms with van der Waals surface area (Å²) in [5.74, 6) is 0.318. The van der Waals surface area contributed by atoms with E-state index in [0.717, 1.165) is 17.7 Å². The van der Waals surface area contributed by atoms with Gasteiger partial charge >= 0.3 is 0 Å². The van der Waals surface area contributed by atoms with Crippen LogP contribution in [0.5, 0.6) is 0 Å². The molecule has 1 aromatic heterocycles. The van der Waals surface area contributed by atoms with E-state index in [1.165, 1.54) is 0 Å². The summed E-state index contributed by atoms with van der Waals surface area (Å²) < 4.78 is 5.40. The number of hydrogen-bond donors (Lipinski definition) is 0. The molecule has 0 aliphatic carbocycles. The Balaban J connectivity index is 1.94. The molecule has 0 saturated carbocycles. The van der Waals surface area contributed by atoms with Crippen molar-refractivity contribution in [3.63, 3.8) is 0 Å². The number of ether oxygens (including phenoxy) is 1. The lowest BCUT2D eigenvalue weighted by atomic mass is 9.97. The number of aryl methyl sites for hydroxylation is 1. The van der Waals surface area contributed by atoms with Gasteiger partial charge < -0.3 is 4.74 Å². The van der Waals surface area contributed by atoms with Gasteiger partial charge in [-0.2, -0.15) is 0 Å². The van der Waals surface area contributed by atoms with E-state index < -0.39 is 0 Å². The number of ketones is 1. The maximum atomic E-state index is 11.9. The van der Waals surface area contributed by atoms with Crippen molar-refractivity contribution in [2.24, 2.45) is 5.92 Å². The Bertz CT molecular complexity index is 372. The first-order chi connectivity index (χ1) is 7.65. The standard InChI is InChI=1S/C13H17NO2/c1-9-3-4-12(14-7-9)6-13(15)11-5-10(2)16-8-11/h3-4,7,10-11H,5-6,8H2,1-2H3. The normalized spacial score (nSPS) is 24.6. The van der Waals surface area contributed by atoms with Gasteiger partial charge in [-0.1, -0.05) is 6.07 Å². The van der Waals surface area contributed by atoms with Crippen molar-refractivity contribution < 1.29 is 9.53 Å². The van der Waals surface area contributed by atoms with E-state index in [-0.39, 0.29) is 17.8 Å². The van der Waals surface area contributed by atoms with Crippen LogP contribution in [0.1, 0.15) is 24.6 Å². The molecule has 16 heavy (non-hydrogen) atoms. The molecule has 0 spiro atoms. The van der Waals surface area contributed by atoms with Crippen LogP contribution in [0.4, 0.5) is 0 Å². The molecular formula is C13H17NO2. The summed E-state index contributed by atoms with van der Waals surface area (Å²) in [5.41, 5.74) is 1.98. The second kappa shape index (κ2) is 4.74. The van der Waals surface area contributed by atoms with Crippen LogP contribution in [-0.2, 0) is 16.0 Å². The van der Waals surface area contributed by atoms with Crippen molar-refractivity contribution in [2.45, 2.75) is 32.8 Å². The summed E-state index contributed by atoms with van der Waals surface area (Å²) in [6.45, 7) is 4.58. The lowest BCUT2D eigenvalue weighted by Gasteiger charge is -2.06. The molecule has 0 radical (unpaired) electrons. The molecular weight excluding hydrogens is 202 g/mol. The van der Waals surface area contributed by atoms with Crippen molar-refractivity contribution >= 4 is 5.78 Å². The fraction of sp³-hybridized carbons (Fsp3) is 0.538. The number of carbonyl (C=O) groups excluding carboxylic acids is 1. The van der Waals surface area contributed by atoms with E-state index in [4.69, 9.17) is 4.74 Å². The zero-order chi connectivity index (χ0) is 11.5. The van der Waals surface area contributed by atoms with Gasteiger partial charge in [-0.25, -0.2) is 0 Å². The molecule has 3 nitrogen and oxygen atoms in total. The fourth-order valence-corrected chi connectivity index (χ4v) is 1.97. The first kappa shape index (κ1) is 11.3. The third kappa shape index (κ3) is 2.67. The van der Waals surface area contributed by atoms with Crippen LogP contribution in [0.15, 0.2) is 18.3 Å². The average molecular weight is 219 g/mol. The number of rotatable bonds is 3. The van der Waals surface area contributed by atoms with E-state index in [1.54, 1.807) is 6.20 Å². The van der Waals surface area contributed by atoms with Gasteiger partial charge in [0.1, 0.15) is 5.78 Å². The van der Waals surface area contributed by atoms with Gasteiger partial charge in [0.15, 0.2) is 0 Å². The molecule has 1 fully saturated rings. The van der Waals surface area contributed by atoms with Crippen LogP contribution in [-0.4, -0.2) is 23.5 Å². The number of aromatic nitrogens is 1. The number of carbonyl (C=O) groups is 1. The zero-order valence-corrected chi connectivity index (χ0v) is 9.77. The molecule has 2 atom stereocenters. The quantitative estimate of drug-likeness (QED) is 0.779. The minimum atomic E-state index is 0.0677. The highest BCUT2D eigenvalue weighted by Crippen LogP contribution is 2.21. The predicted octanol–water partition coefficient (Wildman–Crippen LogP) is 1.93. The summed E-state index contributed by atoms with van der Waals surface area (Å²) in [6.07, 6.45) is 3.31. The molecule has 2 heterocycles. The first-order valence-corrected chi connectivity index (χ1v) is 5.71. The third-order valence-electron chi connectivity index (χ3n) is 2.98. The largest absolute Gasteiger partial charge is 0.378 e. The summed E-state index contributed by atoms with van der Waals surface area (Å²) in [6, 6.07) is 3.91. The number of nitrogens with zero attached hydrogens (tertiary/aromatic N) is 1. The lowest BCUT2D eigenvalue weighted by molar-refractivity contribution is -0.122. The maximum Gasteiger partial charge on any atom is 0.144 e. The van der Waals surface area contributed by atoms with Crippen LogP contribution in [0.25, 0.3) is 0 Å². The third-order valence-corrected chi connectivity index (χ3v) is 2.98. The number of hydrogen-bond acceptors (Lipinski definition) is 3. The average Bonchev–Trinajstić information content (AvgIpc) is 2.68. The molecule has 86 valence electrons. The second-order valence-corrected chi connectivity index (χ2v) is 4.55. The molecule has 0 amide bonds. The molecule has 1 aliphatic rings. The molecule has 2 rings (SSSR count). The Hall–Kier alpha value is -1.22. The molecule has 1 aliphatic heterocycles. The van der Waals surface area contributed by atoms with E-state index in [1.807, 2.05) is 26.0 Å². The van der Waals surface area contributed by atoms with Gasteiger partial charge in [0, 0.05) is 24.2 Å². The summed E-state index contributed by atoms with van der Waals surface area (Å²) in [5, 5.41) is 0. The van der Waals surface area contributed by atoms with Crippen molar-refractivity contribution in [1.82, 2.24) is 4.98 Å². The highest BCUT2D eigenvalue weighted by molar-refractivity contribution is 5.83. The Morgan fingerprint density at radius 3 is 2.94 bits per heavy atom. The molecule has 1 saturated heterocycles. The van der Waals surface area contributed by atoms with Gasteiger partial charge in [-0.3, -0.25) is 9.78 Å². The summed E-state index contributed by atoms with van der Waals surface area (Å²) in [4.78, 5) is 16.2. The molecule has 3 heteroatoms. The second-order valence-electron chi connectivity index (χ2n) is 4.55. The Morgan fingerprint density at radius 1 is 1.56 bits per heavy atom. The summed E-state index contributed by atoms with van der Waals surface area (Å²) in [7, 11) is 0. The lowest BCUT2D eigenvalue weighted by Crippen LogP contribution is -2.17. The Kier molecular flexibility index (Phi) is 3.34. The smallest absolute Gasteiger partial charge is 0.144 e. The van der Waals surface area contributed by atoms with E-state index in [2.05, 4.69) is 4.98 Å². The monoisotopic (exact) mass is 219 g/mol. The van der Waals surface area contributed by atoms with E-state index in [9.17, 15) is 4.79 Å². The SMILES string of the molecule is Cc1ccc(CC(=O)C2COC(C)C2)nc1. The molecule has 2 unspecified atom stereocenters. The van der Waals surface area contributed by atoms with E-state index in [0.29, 0.717) is 13.0 Å². The van der Waals surface area contributed by atoms with Gasteiger partial charge in [-0.05, 0) is 31.9 Å². The van der Waals surface area contributed by atoms with Crippen LogP contribution in [0, 0.1) is 12.8 Å². The van der Waals surface area contributed by atoms with Gasteiger partial charge in [-0.15, -0.1) is 0 Å². The molecule has 0 N–H and O–H groups in total. The van der Waals surface area contributed by atoms with Crippen LogP contribution in [0.2, 0.25) is 0 Å². The Labute approximate surface area is 95.8 Å². The van der Waals surface area contributed by atoms with Gasteiger partial charge in [0.25, 0.3) is 0 Å². The maximum absolute atomic E-state index is 11.9. The molecule has 0 bridgehead atoms. The summed E-state index contributed by atoms with van der Waals surface area (Å²) >= 11 is 0. The molecule has 1 aromatic rings. The van der Waals surface area contributed by atoms with Gasteiger partial charge in [0.2, 0.25) is 0 Å². The van der Waals surface area contributed by atoms with Crippen LogP contribution < -0.4 is 0 Å². The Morgan fingerprint density at radius 2 is 2.38 bits per heavy atom. The van der Waals surface area contributed by atoms with Crippen molar-refractivity contribution in [1.29, 1.82) is 0 Å². The minimum Gasteiger partial charge on any atom is -0.378 e. The predicted molar refractivity (Wildman–Crippen MR) is 61.2 cm³/mol. The van der Waals surface area contributed by atoms with Gasteiger partial charge in [0.05, 0.1) is 12.7 Å².